The molecule has 0 aliphatic heterocycles. The summed E-state index contributed by atoms with van der Waals surface area (Å²) in [4.78, 5) is 0. The minimum atomic E-state index is 0.0461. The number of benzene rings is 8. The predicted octanol–water partition coefficient (Wildman–Crippen LogP) is 13.4. The summed E-state index contributed by atoms with van der Waals surface area (Å²) in [6, 6.07) is 50.4. The standard InChI is InChI=1S/C47H40/c1-45(2)41-25-23-32(28-42(41)46(3,4)47(45,5)6)43-36-16-9-11-18-38(36)44(39-19-12-10-17-37(39)43)35-21-13-20-33-34(35)24-22-31-26-29-14-7-8-15-30(29)27-40(31)33/h7-28H,1-6H3. The van der Waals surface area contributed by atoms with Crippen molar-refractivity contribution in [2.45, 2.75) is 52.4 Å². The molecular weight excluding hydrogens is 565 g/mol. The summed E-state index contributed by atoms with van der Waals surface area (Å²) in [5.41, 5.74) is 8.46. The molecule has 0 amide bonds. The highest BCUT2D eigenvalue weighted by Gasteiger charge is 2.56. The average Bonchev–Trinajstić information content (AvgIpc) is 3.19. The van der Waals surface area contributed by atoms with Gasteiger partial charge in [-0.25, -0.2) is 0 Å². The quantitative estimate of drug-likeness (QED) is 0.136. The molecule has 47 heavy (non-hydrogen) atoms. The van der Waals surface area contributed by atoms with Crippen LogP contribution in [0.4, 0.5) is 0 Å². The molecule has 0 heteroatoms. The first-order chi connectivity index (χ1) is 22.6. The lowest BCUT2D eigenvalue weighted by Crippen LogP contribution is -2.42. The first kappa shape index (κ1) is 28.3. The molecule has 0 N–H and O–H groups in total. The van der Waals surface area contributed by atoms with Crippen LogP contribution in [0.1, 0.15) is 52.7 Å². The second-order valence-corrected chi connectivity index (χ2v) is 15.4. The van der Waals surface area contributed by atoms with Gasteiger partial charge >= 0.3 is 0 Å². The van der Waals surface area contributed by atoms with Gasteiger partial charge in [-0.05, 0) is 116 Å². The summed E-state index contributed by atoms with van der Waals surface area (Å²) < 4.78 is 0. The van der Waals surface area contributed by atoms with Gasteiger partial charge in [0.25, 0.3) is 0 Å². The van der Waals surface area contributed by atoms with E-state index in [0.717, 1.165) is 0 Å². The van der Waals surface area contributed by atoms with Crippen molar-refractivity contribution in [1.82, 2.24) is 0 Å². The maximum Gasteiger partial charge on any atom is -0.00201 e. The van der Waals surface area contributed by atoms with Gasteiger partial charge < -0.3 is 0 Å². The first-order valence-electron chi connectivity index (χ1n) is 17.0. The van der Waals surface area contributed by atoms with Gasteiger partial charge in [-0.2, -0.15) is 0 Å². The average molecular weight is 605 g/mol. The summed E-state index contributed by atoms with van der Waals surface area (Å²) in [6.07, 6.45) is 0. The van der Waals surface area contributed by atoms with E-state index in [-0.39, 0.29) is 16.2 Å². The van der Waals surface area contributed by atoms with Crippen molar-refractivity contribution in [3.05, 3.63) is 145 Å². The Morgan fingerprint density at radius 2 is 0.894 bits per heavy atom. The van der Waals surface area contributed by atoms with Crippen LogP contribution in [0.15, 0.2) is 133 Å². The second-order valence-electron chi connectivity index (χ2n) is 15.4. The van der Waals surface area contributed by atoms with E-state index in [2.05, 4.69) is 175 Å². The SMILES string of the molecule is CC1(C)c2ccc(-c3c4ccccc4c(-c4cccc5c4ccc4cc6ccccc6cc45)c4ccccc34)cc2C(C)(C)C1(C)C. The van der Waals surface area contributed by atoms with Gasteiger partial charge in [0.1, 0.15) is 0 Å². The molecule has 1 aliphatic carbocycles. The third kappa shape index (κ3) is 3.70. The fraction of sp³-hybridized carbons (Fsp3) is 0.191. The smallest absolute Gasteiger partial charge is 0.00201 e. The normalized spacial score (nSPS) is 16.4. The van der Waals surface area contributed by atoms with Crippen molar-refractivity contribution in [3.63, 3.8) is 0 Å². The zero-order valence-electron chi connectivity index (χ0n) is 28.2. The molecule has 0 spiro atoms. The van der Waals surface area contributed by atoms with E-state index in [1.165, 1.54) is 87.2 Å². The first-order valence-corrected chi connectivity index (χ1v) is 17.0. The van der Waals surface area contributed by atoms with Gasteiger partial charge in [0.2, 0.25) is 0 Å². The van der Waals surface area contributed by atoms with Crippen LogP contribution in [0, 0.1) is 5.41 Å². The molecule has 0 heterocycles. The molecule has 0 atom stereocenters. The number of rotatable bonds is 2. The Balaban J connectivity index is 1.35. The van der Waals surface area contributed by atoms with Gasteiger partial charge in [-0.1, -0.05) is 163 Å². The monoisotopic (exact) mass is 604 g/mol. The number of hydrogen-bond acceptors (Lipinski definition) is 0. The molecule has 0 aromatic heterocycles. The highest BCUT2D eigenvalue weighted by molar-refractivity contribution is 6.25. The summed E-state index contributed by atoms with van der Waals surface area (Å²) in [7, 11) is 0. The van der Waals surface area contributed by atoms with Crippen molar-refractivity contribution >= 4 is 53.9 Å². The molecule has 0 saturated carbocycles. The lowest BCUT2D eigenvalue weighted by molar-refractivity contribution is 0.125. The van der Waals surface area contributed by atoms with Crippen LogP contribution in [-0.2, 0) is 10.8 Å². The Hall–Kier alpha value is -4.94. The third-order valence-corrected chi connectivity index (χ3v) is 12.7. The Kier molecular flexibility index (Phi) is 5.75. The van der Waals surface area contributed by atoms with Gasteiger partial charge in [-0.3, -0.25) is 0 Å². The van der Waals surface area contributed by atoms with Crippen LogP contribution in [0.5, 0.6) is 0 Å². The second kappa shape index (κ2) is 9.55. The summed E-state index contributed by atoms with van der Waals surface area (Å²) >= 11 is 0. The maximum atomic E-state index is 2.52. The van der Waals surface area contributed by atoms with Gasteiger partial charge in [0.15, 0.2) is 0 Å². The van der Waals surface area contributed by atoms with E-state index in [1.54, 1.807) is 0 Å². The molecule has 228 valence electrons. The number of hydrogen-bond donors (Lipinski definition) is 0. The van der Waals surface area contributed by atoms with Crippen molar-refractivity contribution in [2.75, 3.05) is 0 Å². The van der Waals surface area contributed by atoms with E-state index in [4.69, 9.17) is 0 Å². The molecule has 1 aliphatic rings. The zero-order valence-corrected chi connectivity index (χ0v) is 28.2. The Morgan fingerprint density at radius 3 is 1.55 bits per heavy atom. The van der Waals surface area contributed by atoms with Crippen LogP contribution in [-0.4, -0.2) is 0 Å². The highest BCUT2D eigenvalue weighted by Crippen LogP contribution is 2.62. The molecule has 0 unspecified atom stereocenters. The van der Waals surface area contributed by atoms with Crippen molar-refractivity contribution in [3.8, 4) is 22.3 Å². The maximum absolute atomic E-state index is 2.52. The largest absolute Gasteiger partial charge is 0.0616 e. The van der Waals surface area contributed by atoms with Crippen LogP contribution in [0.2, 0.25) is 0 Å². The molecule has 0 saturated heterocycles. The van der Waals surface area contributed by atoms with Gasteiger partial charge in [-0.15, -0.1) is 0 Å². The van der Waals surface area contributed by atoms with E-state index < -0.39 is 0 Å². The minimum Gasteiger partial charge on any atom is -0.0616 e. The van der Waals surface area contributed by atoms with Crippen molar-refractivity contribution in [1.29, 1.82) is 0 Å². The highest BCUT2D eigenvalue weighted by atomic mass is 14.6. The van der Waals surface area contributed by atoms with Crippen LogP contribution < -0.4 is 0 Å². The van der Waals surface area contributed by atoms with Gasteiger partial charge in [0.05, 0.1) is 0 Å². The topological polar surface area (TPSA) is 0 Å². The van der Waals surface area contributed by atoms with Crippen LogP contribution in [0.3, 0.4) is 0 Å². The molecule has 0 fully saturated rings. The van der Waals surface area contributed by atoms with E-state index in [0.29, 0.717) is 0 Å². The minimum absolute atomic E-state index is 0.0461. The summed E-state index contributed by atoms with van der Waals surface area (Å²) in [6.45, 7) is 14.6. The van der Waals surface area contributed by atoms with E-state index in [9.17, 15) is 0 Å². The molecule has 0 bridgehead atoms. The Labute approximate surface area is 277 Å². The molecule has 8 aromatic carbocycles. The zero-order chi connectivity index (χ0) is 32.3. The number of fused-ring (bicyclic) bond motifs is 7. The van der Waals surface area contributed by atoms with E-state index in [1.807, 2.05) is 0 Å². The fourth-order valence-electron chi connectivity index (χ4n) is 8.95. The third-order valence-electron chi connectivity index (χ3n) is 12.7. The summed E-state index contributed by atoms with van der Waals surface area (Å²) in [5, 5.41) is 13.0. The van der Waals surface area contributed by atoms with Crippen molar-refractivity contribution < 1.29 is 0 Å². The van der Waals surface area contributed by atoms with Gasteiger partial charge in [0, 0.05) is 0 Å². The lowest BCUT2D eigenvalue weighted by Gasteiger charge is -2.44. The van der Waals surface area contributed by atoms with Crippen LogP contribution >= 0.6 is 0 Å². The fourth-order valence-corrected chi connectivity index (χ4v) is 8.95. The lowest BCUT2D eigenvalue weighted by atomic mass is 9.59. The predicted molar refractivity (Wildman–Crippen MR) is 205 cm³/mol. The summed E-state index contributed by atoms with van der Waals surface area (Å²) in [5.74, 6) is 0. The molecule has 8 aromatic rings. The van der Waals surface area contributed by atoms with Crippen LogP contribution in [0.25, 0.3) is 76.1 Å². The van der Waals surface area contributed by atoms with E-state index >= 15 is 0 Å². The Morgan fingerprint density at radius 1 is 0.340 bits per heavy atom. The molecule has 0 radical (unpaired) electrons. The van der Waals surface area contributed by atoms with Crippen molar-refractivity contribution in [2.24, 2.45) is 5.41 Å². The Bertz CT molecular complexity index is 2530. The molecule has 9 rings (SSSR count). The molecular formula is C47H40. The molecule has 0 nitrogen and oxygen atoms in total.